The van der Waals surface area contributed by atoms with Crippen molar-refractivity contribution >= 4 is 5.65 Å². The number of halogens is 1. The van der Waals surface area contributed by atoms with Gasteiger partial charge in [-0.15, -0.1) is 0 Å². The molecule has 30 heavy (non-hydrogen) atoms. The van der Waals surface area contributed by atoms with Gasteiger partial charge in [-0.1, -0.05) is 0 Å². The van der Waals surface area contributed by atoms with Crippen LogP contribution in [0.4, 0.5) is 4.39 Å². The molecule has 1 aliphatic heterocycles. The number of fused-ring (bicyclic) bond motifs is 1. The third-order valence-corrected chi connectivity index (χ3v) is 5.27. The first-order valence-electron chi connectivity index (χ1n) is 9.47. The van der Waals surface area contributed by atoms with E-state index in [1.807, 2.05) is 12.1 Å². The van der Waals surface area contributed by atoms with E-state index in [9.17, 15) is 9.65 Å². The van der Waals surface area contributed by atoms with Gasteiger partial charge in [0.05, 0.1) is 36.7 Å². The zero-order valence-corrected chi connectivity index (χ0v) is 16.2. The molecule has 5 rings (SSSR count). The Morgan fingerprint density at radius 2 is 1.97 bits per heavy atom. The second-order valence-corrected chi connectivity index (χ2v) is 7.21. The monoisotopic (exact) mass is 403 g/mol. The highest BCUT2D eigenvalue weighted by molar-refractivity contribution is 5.77. The van der Waals surface area contributed by atoms with Crippen molar-refractivity contribution in [3.8, 4) is 28.7 Å². The standard InChI is InChI=1S/C21H18FN7O/c1-30-13-27-10-17(11-27)28-12-25-20(14-2-4-15(22)5-3-14)21(28)18-6-7-19-24-9-16(8-23)29(19)26-18/h2-7,9,12,17H,10-11,13H2,1H3. The number of rotatable bonds is 5. The molecule has 0 atom stereocenters. The summed E-state index contributed by atoms with van der Waals surface area (Å²) in [5.41, 5.74) is 3.95. The van der Waals surface area contributed by atoms with Crippen LogP contribution in [-0.2, 0) is 4.74 Å². The van der Waals surface area contributed by atoms with Crippen molar-refractivity contribution in [1.29, 1.82) is 5.26 Å². The molecule has 4 heterocycles. The maximum absolute atomic E-state index is 13.5. The van der Waals surface area contributed by atoms with Crippen LogP contribution in [0, 0.1) is 17.1 Å². The highest BCUT2D eigenvalue weighted by Crippen LogP contribution is 2.35. The Morgan fingerprint density at radius 1 is 1.17 bits per heavy atom. The maximum Gasteiger partial charge on any atom is 0.162 e. The lowest BCUT2D eigenvalue weighted by Gasteiger charge is -2.39. The fraction of sp³-hybridized carbons (Fsp3) is 0.238. The smallest absolute Gasteiger partial charge is 0.162 e. The number of ether oxygens (including phenoxy) is 1. The molecule has 1 aliphatic rings. The molecule has 150 valence electrons. The number of nitriles is 1. The minimum atomic E-state index is -0.300. The van der Waals surface area contributed by atoms with E-state index in [0.29, 0.717) is 29.5 Å². The fourth-order valence-electron chi connectivity index (χ4n) is 3.79. The zero-order chi connectivity index (χ0) is 20.7. The summed E-state index contributed by atoms with van der Waals surface area (Å²) in [5, 5.41) is 14.0. The van der Waals surface area contributed by atoms with E-state index < -0.39 is 0 Å². The number of benzene rings is 1. The van der Waals surface area contributed by atoms with Crippen LogP contribution in [0.3, 0.4) is 0 Å². The Bertz CT molecular complexity index is 1250. The summed E-state index contributed by atoms with van der Waals surface area (Å²) in [6.45, 7) is 2.24. The quantitative estimate of drug-likeness (QED) is 0.509. The molecular weight excluding hydrogens is 385 g/mol. The first-order valence-corrected chi connectivity index (χ1v) is 9.47. The van der Waals surface area contributed by atoms with Crippen LogP contribution in [0.2, 0.25) is 0 Å². The fourth-order valence-corrected chi connectivity index (χ4v) is 3.79. The van der Waals surface area contributed by atoms with E-state index in [1.54, 1.807) is 25.6 Å². The molecule has 0 saturated carbocycles. The Morgan fingerprint density at radius 3 is 2.70 bits per heavy atom. The maximum atomic E-state index is 13.5. The van der Waals surface area contributed by atoms with Gasteiger partial charge in [-0.3, -0.25) is 4.90 Å². The van der Waals surface area contributed by atoms with Crippen molar-refractivity contribution in [2.75, 3.05) is 26.9 Å². The number of hydrogen-bond acceptors (Lipinski definition) is 6. The molecule has 0 N–H and O–H groups in total. The van der Waals surface area contributed by atoms with Gasteiger partial charge in [0.25, 0.3) is 0 Å². The van der Waals surface area contributed by atoms with Crippen molar-refractivity contribution in [3.05, 3.63) is 60.4 Å². The van der Waals surface area contributed by atoms with Crippen LogP contribution in [0.5, 0.6) is 0 Å². The lowest BCUT2D eigenvalue weighted by Crippen LogP contribution is -2.48. The first kappa shape index (κ1) is 18.4. The highest BCUT2D eigenvalue weighted by atomic mass is 19.1. The van der Waals surface area contributed by atoms with Gasteiger partial charge >= 0.3 is 0 Å². The van der Waals surface area contributed by atoms with Gasteiger partial charge in [0.2, 0.25) is 0 Å². The highest BCUT2D eigenvalue weighted by Gasteiger charge is 2.31. The van der Waals surface area contributed by atoms with Crippen LogP contribution in [0.25, 0.3) is 28.3 Å². The minimum absolute atomic E-state index is 0.215. The number of nitrogens with zero attached hydrogens (tertiary/aromatic N) is 7. The van der Waals surface area contributed by atoms with Crippen molar-refractivity contribution < 1.29 is 9.13 Å². The number of likely N-dealkylation sites (tertiary alicyclic amines) is 1. The SMILES string of the molecule is COCN1CC(n2cnc(-c3ccc(F)cc3)c2-c2ccc3ncc(C#N)n3n2)C1. The summed E-state index contributed by atoms with van der Waals surface area (Å²) >= 11 is 0. The predicted molar refractivity (Wildman–Crippen MR) is 107 cm³/mol. The molecule has 0 bridgehead atoms. The van der Waals surface area contributed by atoms with Gasteiger partial charge in [0, 0.05) is 25.8 Å². The normalized spacial score (nSPS) is 14.7. The Labute approximate surface area is 171 Å². The van der Waals surface area contributed by atoms with Crippen LogP contribution >= 0.6 is 0 Å². The van der Waals surface area contributed by atoms with Crippen LogP contribution < -0.4 is 0 Å². The van der Waals surface area contributed by atoms with Gasteiger partial charge in [-0.05, 0) is 36.4 Å². The van der Waals surface area contributed by atoms with E-state index in [-0.39, 0.29) is 11.9 Å². The molecule has 1 aromatic carbocycles. The van der Waals surface area contributed by atoms with E-state index >= 15 is 0 Å². The number of aromatic nitrogens is 5. The van der Waals surface area contributed by atoms with Gasteiger partial charge in [0.15, 0.2) is 11.3 Å². The molecule has 1 saturated heterocycles. The third kappa shape index (κ3) is 3.03. The molecule has 1 fully saturated rings. The van der Waals surface area contributed by atoms with Gasteiger partial charge < -0.3 is 9.30 Å². The van der Waals surface area contributed by atoms with Gasteiger partial charge in [-0.2, -0.15) is 10.4 Å². The lowest BCUT2D eigenvalue weighted by molar-refractivity contribution is -0.00574. The first-order chi connectivity index (χ1) is 14.7. The van der Waals surface area contributed by atoms with E-state index in [0.717, 1.165) is 24.3 Å². The molecule has 4 aromatic rings. The zero-order valence-electron chi connectivity index (χ0n) is 16.2. The third-order valence-electron chi connectivity index (χ3n) is 5.27. The molecule has 3 aromatic heterocycles. The predicted octanol–water partition coefficient (Wildman–Crippen LogP) is 2.73. The van der Waals surface area contributed by atoms with Gasteiger partial charge in [0.1, 0.15) is 17.6 Å². The largest absolute Gasteiger partial charge is 0.369 e. The van der Waals surface area contributed by atoms with Crippen molar-refractivity contribution in [1.82, 2.24) is 29.0 Å². The van der Waals surface area contributed by atoms with Crippen LogP contribution in [-0.4, -0.2) is 56.0 Å². The molecule has 0 spiro atoms. The summed E-state index contributed by atoms with van der Waals surface area (Å²) < 4.78 is 22.3. The second kappa shape index (κ2) is 7.33. The number of methoxy groups -OCH3 is 1. The lowest BCUT2D eigenvalue weighted by atomic mass is 10.1. The average Bonchev–Trinajstić information content (AvgIpc) is 3.34. The summed E-state index contributed by atoms with van der Waals surface area (Å²) in [6.07, 6.45) is 3.30. The number of hydrogen-bond donors (Lipinski definition) is 0. The van der Waals surface area contributed by atoms with Crippen molar-refractivity contribution in [2.45, 2.75) is 6.04 Å². The van der Waals surface area contributed by atoms with E-state index in [4.69, 9.17) is 4.74 Å². The summed E-state index contributed by atoms with van der Waals surface area (Å²) in [6, 6.07) is 12.3. The Balaban J connectivity index is 1.64. The van der Waals surface area contributed by atoms with E-state index in [1.165, 1.54) is 22.8 Å². The van der Waals surface area contributed by atoms with Crippen LogP contribution in [0.1, 0.15) is 11.7 Å². The molecule has 0 unspecified atom stereocenters. The topological polar surface area (TPSA) is 84.3 Å². The summed E-state index contributed by atoms with van der Waals surface area (Å²) in [7, 11) is 1.68. The minimum Gasteiger partial charge on any atom is -0.369 e. The molecular formula is C21H18FN7O. The molecule has 0 amide bonds. The molecule has 8 nitrogen and oxygen atoms in total. The molecule has 9 heteroatoms. The van der Waals surface area contributed by atoms with Crippen molar-refractivity contribution in [2.24, 2.45) is 0 Å². The van der Waals surface area contributed by atoms with E-state index in [2.05, 4.69) is 30.6 Å². The van der Waals surface area contributed by atoms with Crippen LogP contribution in [0.15, 0.2) is 48.9 Å². The summed E-state index contributed by atoms with van der Waals surface area (Å²) in [5.74, 6) is -0.300. The van der Waals surface area contributed by atoms with Crippen molar-refractivity contribution in [3.63, 3.8) is 0 Å². The molecule has 0 radical (unpaired) electrons. The van der Waals surface area contributed by atoms with Gasteiger partial charge in [-0.25, -0.2) is 18.9 Å². The molecule has 0 aliphatic carbocycles. The Kier molecular flexibility index (Phi) is 4.50. The average molecular weight is 403 g/mol. The second-order valence-electron chi connectivity index (χ2n) is 7.21. The number of imidazole rings is 2. The Hall–Kier alpha value is -3.61. The summed E-state index contributed by atoms with van der Waals surface area (Å²) in [4.78, 5) is 11.0.